The minimum Gasteiger partial charge on any atom is -0.478 e. The number of carbonyl (C=O) groups is 1. The minimum absolute atomic E-state index is 0.120. The lowest BCUT2D eigenvalue weighted by atomic mass is 10.3. The Bertz CT molecular complexity index is 590. The first-order valence-electron chi connectivity index (χ1n) is 5.93. The fourth-order valence-corrected chi connectivity index (χ4v) is 3.27. The Hall–Kier alpha value is -1.22. The van der Waals surface area contributed by atoms with Gasteiger partial charge in [-0.25, -0.2) is 4.79 Å². The van der Waals surface area contributed by atoms with Gasteiger partial charge in [0.2, 0.25) is 0 Å². The molecule has 1 aromatic heterocycles. The molecule has 1 rings (SSSR count). The van der Waals surface area contributed by atoms with Crippen molar-refractivity contribution in [2.75, 3.05) is 7.05 Å². The first kappa shape index (κ1) is 16.8. The van der Waals surface area contributed by atoms with E-state index in [0.29, 0.717) is 0 Å². The van der Waals surface area contributed by atoms with Gasteiger partial charge in [-0.2, -0.15) is 17.4 Å². The molecule has 0 saturated heterocycles. The lowest BCUT2D eigenvalue weighted by Crippen LogP contribution is -2.41. The van der Waals surface area contributed by atoms with E-state index in [9.17, 15) is 13.2 Å². The summed E-state index contributed by atoms with van der Waals surface area (Å²) in [6.45, 7) is 3.77. The van der Waals surface area contributed by atoms with Crippen LogP contribution in [-0.2, 0) is 21.5 Å². The Kier molecular flexibility index (Phi) is 5.88. The predicted molar refractivity (Wildman–Crippen MR) is 79.6 cm³/mol. The number of hydrogen-bond donors (Lipinski definition) is 2. The van der Waals surface area contributed by atoms with Gasteiger partial charge in [0.15, 0.2) is 0 Å². The third-order valence-electron chi connectivity index (χ3n) is 2.63. The average molecular weight is 318 g/mol. The average Bonchev–Trinajstić information content (AvgIpc) is 2.81. The van der Waals surface area contributed by atoms with Crippen LogP contribution in [-0.4, -0.2) is 36.9 Å². The summed E-state index contributed by atoms with van der Waals surface area (Å²) in [4.78, 5) is 11.2. The molecular weight excluding hydrogens is 300 g/mol. The summed E-state index contributed by atoms with van der Waals surface area (Å²) in [5.41, 5.74) is 0.740. The highest BCUT2D eigenvalue weighted by molar-refractivity contribution is 7.87. The van der Waals surface area contributed by atoms with Crippen molar-refractivity contribution in [1.82, 2.24) is 9.03 Å². The Morgan fingerprint density at radius 2 is 2.20 bits per heavy atom. The molecule has 2 N–H and O–H groups in total. The van der Waals surface area contributed by atoms with Crippen molar-refractivity contribution in [3.8, 4) is 0 Å². The van der Waals surface area contributed by atoms with Crippen molar-refractivity contribution in [1.29, 1.82) is 0 Å². The van der Waals surface area contributed by atoms with Gasteiger partial charge in [-0.1, -0.05) is 0 Å². The van der Waals surface area contributed by atoms with E-state index in [4.69, 9.17) is 5.11 Å². The summed E-state index contributed by atoms with van der Waals surface area (Å²) in [6, 6.07) is 1.63. The Morgan fingerprint density at radius 1 is 1.55 bits per heavy atom. The number of hydrogen-bond acceptors (Lipinski definition) is 4. The third kappa shape index (κ3) is 5.04. The smallest absolute Gasteiger partial charge is 0.328 e. The SMILES string of the molecule is CC(C)N(C)S(=O)(=O)NCc1cc(C=CC(=O)O)cs1. The van der Waals surface area contributed by atoms with Crippen molar-refractivity contribution < 1.29 is 18.3 Å². The van der Waals surface area contributed by atoms with Crippen molar-refractivity contribution >= 4 is 33.6 Å². The summed E-state index contributed by atoms with van der Waals surface area (Å²) in [5, 5.41) is 10.3. The highest BCUT2D eigenvalue weighted by Crippen LogP contribution is 2.16. The Labute approximate surface area is 122 Å². The summed E-state index contributed by atoms with van der Waals surface area (Å²) < 4.78 is 27.5. The van der Waals surface area contributed by atoms with Crippen LogP contribution in [0.1, 0.15) is 24.3 Å². The second kappa shape index (κ2) is 6.98. The predicted octanol–water partition coefficient (Wildman–Crippen LogP) is 1.52. The molecule has 0 bridgehead atoms. The number of carboxylic acids is 1. The molecule has 0 aliphatic heterocycles. The van der Waals surface area contributed by atoms with Gasteiger partial charge in [0, 0.05) is 30.6 Å². The van der Waals surface area contributed by atoms with Gasteiger partial charge in [-0.3, -0.25) is 0 Å². The van der Waals surface area contributed by atoms with E-state index in [1.807, 2.05) is 0 Å². The summed E-state index contributed by atoms with van der Waals surface area (Å²) >= 11 is 1.37. The van der Waals surface area contributed by atoms with Gasteiger partial charge in [0.05, 0.1) is 0 Å². The zero-order chi connectivity index (χ0) is 15.3. The fourth-order valence-electron chi connectivity index (χ4n) is 1.29. The molecule has 0 unspecified atom stereocenters. The van der Waals surface area contributed by atoms with Crippen LogP contribution in [0.3, 0.4) is 0 Å². The molecule has 0 radical (unpaired) electrons. The first-order valence-corrected chi connectivity index (χ1v) is 8.25. The normalized spacial score (nSPS) is 12.7. The van der Waals surface area contributed by atoms with E-state index in [1.54, 1.807) is 25.3 Å². The Morgan fingerprint density at radius 3 is 2.75 bits per heavy atom. The third-order valence-corrected chi connectivity index (χ3v) is 5.27. The fraction of sp³-hybridized carbons (Fsp3) is 0.417. The van der Waals surface area contributed by atoms with E-state index >= 15 is 0 Å². The van der Waals surface area contributed by atoms with Crippen molar-refractivity contribution in [3.63, 3.8) is 0 Å². The van der Waals surface area contributed by atoms with Gasteiger partial charge in [-0.05, 0) is 36.9 Å². The van der Waals surface area contributed by atoms with Crippen molar-refractivity contribution in [2.45, 2.75) is 26.4 Å². The van der Waals surface area contributed by atoms with E-state index < -0.39 is 16.2 Å². The van der Waals surface area contributed by atoms with Crippen LogP contribution >= 0.6 is 11.3 Å². The molecule has 0 aliphatic rings. The largest absolute Gasteiger partial charge is 0.478 e. The number of nitrogens with one attached hydrogen (secondary N) is 1. The Balaban J connectivity index is 2.65. The van der Waals surface area contributed by atoms with E-state index in [1.165, 1.54) is 28.8 Å². The van der Waals surface area contributed by atoms with Crippen LogP contribution in [0.15, 0.2) is 17.5 Å². The summed E-state index contributed by atoms with van der Waals surface area (Å²) in [7, 11) is -1.98. The van der Waals surface area contributed by atoms with Crippen molar-refractivity contribution in [3.05, 3.63) is 28.0 Å². The number of thiophene rings is 1. The van der Waals surface area contributed by atoms with Crippen LogP contribution in [0.25, 0.3) is 6.08 Å². The van der Waals surface area contributed by atoms with Gasteiger partial charge in [-0.15, -0.1) is 11.3 Å². The monoisotopic (exact) mass is 318 g/mol. The maximum atomic E-state index is 11.9. The lowest BCUT2D eigenvalue weighted by Gasteiger charge is -2.20. The molecule has 1 aromatic rings. The van der Waals surface area contributed by atoms with Crippen LogP contribution in [0.5, 0.6) is 0 Å². The number of nitrogens with zero attached hydrogens (tertiary/aromatic N) is 1. The molecule has 0 atom stereocenters. The maximum Gasteiger partial charge on any atom is 0.328 e. The highest BCUT2D eigenvalue weighted by Gasteiger charge is 2.19. The number of carboxylic acid groups (broad SMARTS) is 1. The minimum atomic E-state index is -3.50. The molecule has 20 heavy (non-hydrogen) atoms. The molecule has 0 amide bonds. The standard InChI is InChI=1S/C12H18N2O4S2/c1-9(2)14(3)20(17,18)13-7-11-6-10(8-19-11)4-5-12(15)16/h4-6,8-9,13H,7H2,1-3H3,(H,15,16). The van der Waals surface area contributed by atoms with Gasteiger partial charge in [0.1, 0.15) is 0 Å². The zero-order valence-electron chi connectivity index (χ0n) is 11.5. The van der Waals surface area contributed by atoms with Gasteiger partial charge < -0.3 is 5.11 Å². The second-order valence-corrected chi connectivity index (χ2v) is 7.26. The molecule has 8 heteroatoms. The van der Waals surface area contributed by atoms with Crippen LogP contribution in [0.2, 0.25) is 0 Å². The van der Waals surface area contributed by atoms with E-state index in [-0.39, 0.29) is 12.6 Å². The van der Waals surface area contributed by atoms with Crippen molar-refractivity contribution in [2.24, 2.45) is 0 Å². The molecule has 0 aromatic carbocycles. The topological polar surface area (TPSA) is 86.7 Å². The molecule has 1 heterocycles. The lowest BCUT2D eigenvalue weighted by molar-refractivity contribution is -0.131. The summed E-state index contributed by atoms with van der Waals surface area (Å²) in [5.74, 6) is -1.02. The van der Waals surface area contributed by atoms with Gasteiger partial charge >= 0.3 is 5.97 Å². The van der Waals surface area contributed by atoms with Gasteiger partial charge in [0.25, 0.3) is 10.2 Å². The van der Waals surface area contributed by atoms with Crippen LogP contribution in [0, 0.1) is 0 Å². The quantitative estimate of drug-likeness (QED) is 0.746. The highest BCUT2D eigenvalue weighted by atomic mass is 32.2. The summed E-state index contributed by atoms with van der Waals surface area (Å²) in [6.07, 6.45) is 2.51. The molecule has 0 aliphatic carbocycles. The first-order chi connectivity index (χ1) is 9.22. The molecule has 0 saturated carbocycles. The zero-order valence-corrected chi connectivity index (χ0v) is 13.2. The maximum absolute atomic E-state index is 11.9. The number of rotatable bonds is 7. The number of aliphatic carboxylic acids is 1. The molecule has 0 fully saturated rings. The molecule has 6 nitrogen and oxygen atoms in total. The van der Waals surface area contributed by atoms with Crippen LogP contribution < -0.4 is 4.72 Å². The van der Waals surface area contributed by atoms with Crippen LogP contribution in [0.4, 0.5) is 0 Å². The molecule has 0 spiro atoms. The second-order valence-electron chi connectivity index (χ2n) is 4.45. The van der Waals surface area contributed by atoms with E-state index in [0.717, 1.165) is 16.5 Å². The molecular formula is C12H18N2O4S2. The molecule has 112 valence electrons. The van der Waals surface area contributed by atoms with E-state index in [2.05, 4.69) is 4.72 Å².